The first kappa shape index (κ1) is 17.4. The lowest BCUT2D eigenvalue weighted by Crippen LogP contribution is -2.17. The van der Waals surface area contributed by atoms with Crippen molar-refractivity contribution in [2.45, 2.75) is 0 Å². The SMILES string of the molecule is COc1cc(Br)cc(C=NNC(=O)c2cccc([N+](=O)[O-])c2)c1O. The van der Waals surface area contributed by atoms with Crippen molar-refractivity contribution in [3.8, 4) is 11.5 Å². The van der Waals surface area contributed by atoms with Crippen molar-refractivity contribution in [3.05, 3.63) is 62.1 Å². The number of phenolic OH excluding ortho intramolecular Hbond substituents is 1. The number of carbonyl (C=O) groups excluding carboxylic acids is 1. The van der Waals surface area contributed by atoms with E-state index in [4.69, 9.17) is 4.74 Å². The molecule has 0 aromatic heterocycles. The van der Waals surface area contributed by atoms with Crippen molar-refractivity contribution >= 4 is 33.7 Å². The van der Waals surface area contributed by atoms with E-state index in [0.717, 1.165) is 6.07 Å². The number of halogens is 1. The Kier molecular flexibility index (Phi) is 5.48. The molecule has 0 bridgehead atoms. The summed E-state index contributed by atoms with van der Waals surface area (Å²) in [7, 11) is 1.41. The highest BCUT2D eigenvalue weighted by Gasteiger charge is 2.11. The largest absolute Gasteiger partial charge is 0.504 e. The summed E-state index contributed by atoms with van der Waals surface area (Å²) in [5.41, 5.74) is 2.46. The highest BCUT2D eigenvalue weighted by molar-refractivity contribution is 9.10. The Morgan fingerprint density at radius 1 is 1.42 bits per heavy atom. The van der Waals surface area contributed by atoms with Crippen LogP contribution in [0.1, 0.15) is 15.9 Å². The van der Waals surface area contributed by atoms with Crippen LogP contribution in [0.25, 0.3) is 0 Å². The van der Waals surface area contributed by atoms with Gasteiger partial charge in [-0.2, -0.15) is 5.10 Å². The van der Waals surface area contributed by atoms with Crippen LogP contribution in [0.5, 0.6) is 11.5 Å². The smallest absolute Gasteiger partial charge is 0.271 e. The van der Waals surface area contributed by atoms with E-state index in [-0.39, 0.29) is 22.7 Å². The summed E-state index contributed by atoms with van der Waals surface area (Å²) in [4.78, 5) is 22.1. The van der Waals surface area contributed by atoms with E-state index < -0.39 is 10.8 Å². The van der Waals surface area contributed by atoms with Crippen LogP contribution in [0, 0.1) is 10.1 Å². The lowest BCUT2D eigenvalue weighted by Gasteiger charge is -2.06. The van der Waals surface area contributed by atoms with Gasteiger partial charge in [-0.1, -0.05) is 22.0 Å². The van der Waals surface area contributed by atoms with E-state index in [0.29, 0.717) is 10.0 Å². The summed E-state index contributed by atoms with van der Waals surface area (Å²) < 4.78 is 5.66. The summed E-state index contributed by atoms with van der Waals surface area (Å²) in [6.45, 7) is 0. The van der Waals surface area contributed by atoms with Crippen molar-refractivity contribution in [1.82, 2.24) is 5.43 Å². The quantitative estimate of drug-likeness (QED) is 0.460. The monoisotopic (exact) mass is 393 g/mol. The van der Waals surface area contributed by atoms with Gasteiger partial charge in [-0.25, -0.2) is 5.43 Å². The molecular formula is C15H12BrN3O5. The van der Waals surface area contributed by atoms with Crippen LogP contribution < -0.4 is 10.2 Å². The van der Waals surface area contributed by atoms with Crippen molar-refractivity contribution in [2.75, 3.05) is 7.11 Å². The van der Waals surface area contributed by atoms with E-state index in [1.807, 2.05) is 0 Å². The van der Waals surface area contributed by atoms with Crippen LogP contribution in [0.2, 0.25) is 0 Å². The predicted octanol–water partition coefficient (Wildman–Crippen LogP) is 2.84. The number of amides is 1. The molecule has 9 heteroatoms. The number of hydrogen-bond donors (Lipinski definition) is 2. The summed E-state index contributed by atoms with van der Waals surface area (Å²) in [5, 5.41) is 24.4. The molecule has 0 spiro atoms. The molecule has 0 aliphatic carbocycles. The number of hydrogen-bond acceptors (Lipinski definition) is 6. The first-order valence-corrected chi connectivity index (χ1v) is 7.36. The number of nitro groups is 1. The molecule has 0 atom stereocenters. The highest BCUT2D eigenvalue weighted by atomic mass is 79.9. The van der Waals surface area contributed by atoms with Crippen LogP contribution in [0.4, 0.5) is 5.69 Å². The number of rotatable bonds is 5. The van der Waals surface area contributed by atoms with E-state index >= 15 is 0 Å². The third-order valence-electron chi connectivity index (χ3n) is 2.98. The highest BCUT2D eigenvalue weighted by Crippen LogP contribution is 2.32. The van der Waals surface area contributed by atoms with Gasteiger partial charge < -0.3 is 9.84 Å². The molecule has 0 radical (unpaired) electrons. The first-order chi connectivity index (χ1) is 11.4. The van der Waals surface area contributed by atoms with Crippen LogP contribution in [-0.4, -0.2) is 29.3 Å². The number of nitrogens with zero attached hydrogens (tertiary/aromatic N) is 2. The maximum Gasteiger partial charge on any atom is 0.271 e. The van der Waals surface area contributed by atoms with Gasteiger partial charge in [0.05, 0.1) is 18.2 Å². The van der Waals surface area contributed by atoms with Gasteiger partial charge >= 0.3 is 0 Å². The number of benzene rings is 2. The van der Waals surface area contributed by atoms with Gasteiger partial charge in [-0.3, -0.25) is 14.9 Å². The topological polar surface area (TPSA) is 114 Å². The first-order valence-electron chi connectivity index (χ1n) is 6.56. The molecule has 0 aliphatic heterocycles. The Labute approximate surface area is 145 Å². The Bertz CT molecular complexity index is 823. The van der Waals surface area contributed by atoms with Gasteiger partial charge in [0.2, 0.25) is 0 Å². The summed E-state index contributed by atoms with van der Waals surface area (Å²) in [6, 6.07) is 8.42. The van der Waals surface area contributed by atoms with Crippen LogP contribution in [0.3, 0.4) is 0 Å². The summed E-state index contributed by atoms with van der Waals surface area (Å²) in [6.07, 6.45) is 1.23. The second-order valence-corrected chi connectivity index (χ2v) is 5.47. The number of aromatic hydroxyl groups is 1. The lowest BCUT2D eigenvalue weighted by molar-refractivity contribution is -0.384. The maximum atomic E-state index is 11.9. The number of nitrogens with one attached hydrogen (secondary N) is 1. The van der Waals surface area contributed by atoms with Crippen LogP contribution >= 0.6 is 15.9 Å². The predicted molar refractivity (Wildman–Crippen MR) is 90.5 cm³/mol. The van der Waals surface area contributed by atoms with Gasteiger partial charge in [0.1, 0.15) is 0 Å². The normalized spacial score (nSPS) is 10.6. The molecule has 2 aromatic carbocycles. The summed E-state index contributed by atoms with van der Waals surface area (Å²) in [5.74, 6) is -0.499. The number of methoxy groups -OCH3 is 1. The van der Waals surface area contributed by atoms with Crippen molar-refractivity contribution in [2.24, 2.45) is 5.10 Å². The molecule has 0 unspecified atom stereocenters. The molecule has 8 nitrogen and oxygen atoms in total. The third kappa shape index (κ3) is 4.07. The van der Waals surface area contributed by atoms with Gasteiger partial charge in [0, 0.05) is 27.7 Å². The Balaban J connectivity index is 2.14. The van der Waals surface area contributed by atoms with Gasteiger partial charge in [-0.15, -0.1) is 0 Å². The minimum Gasteiger partial charge on any atom is -0.504 e. The van der Waals surface area contributed by atoms with Crippen molar-refractivity contribution in [3.63, 3.8) is 0 Å². The van der Waals surface area contributed by atoms with E-state index in [1.165, 1.54) is 31.5 Å². The lowest BCUT2D eigenvalue weighted by atomic mass is 10.2. The molecule has 0 fully saturated rings. The molecule has 0 heterocycles. The molecule has 2 N–H and O–H groups in total. The Morgan fingerprint density at radius 3 is 2.83 bits per heavy atom. The molecular weight excluding hydrogens is 382 g/mol. The van der Waals surface area contributed by atoms with Gasteiger partial charge in [-0.05, 0) is 18.2 Å². The number of ether oxygens (including phenoxy) is 1. The number of nitro benzene ring substituents is 1. The Morgan fingerprint density at radius 2 is 2.17 bits per heavy atom. The molecule has 0 aliphatic rings. The molecule has 1 amide bonds. The average Bonchev–Trinajstić information content (AvgIpc) is 2.57. The zero-order valence-electron chi connectivity index (χ0n) is 12.4. The summed E-state index contributed by atoms with van der Waals surface area (Å²) >= 11 is 3.26. The number of hydrazone groups is 1. The number of non-ortho nitro benzene ring substituents is 1. The standard InChI is InChI=1S/C15H12BrN3O5/c1-24-13-7-11(16)5-10(14(13)20)8-17-18-15(21)9-3-2-4-12(6-9)19(22)23/h2-8,20H,1H3,(H,18,21). The van der Waals surface area contributed by atoms with Gasteiger partial charge in [0.15, 0.2) is 11.5 Å². The molecule has 124 valence electrons. The van der Waals surface area contributed by atoms with E-state index in [9.17, 15) is 20.0 Å². The van der Waals surface area contributed by atoms with Crippen molar-refractivity contribution < 1.29 is 19.6 Å². The minimum atomic E-state index is -0.614. The molecule has 2 rings (SSSR count). The maximum absolute atomic E-state index is 11.9. The molecule has 24 heavy (non-hydrogen) atoms. The number of phenols is 1. The Hall–Kier alpha value is -2.94. The fourth-order valence-electron chi connectivity index (χ4n) is 1.83. The zero-order chi connectivity index (χ0) is 17.7. The average molecular weight is 394 g/mol. The van der Waals surface area contributed by atoms with Crippen molar-refractivity contribution in [1.29, 1.82) is 0 Å². The number of carbonyl (C=O) groups is 1. The second-order valence-electron chi connectivity index (χ2n) is 4.55. The van der Waals surface area contributed by atoms with Crippen LogP contribution in [-0.2, 0) is 0 Å². The van der Waals surface area contributed by atoms with Crippen LogP contribution in [0.15, 0.2) is 46.0 Å². The fourth-order valence-corrected chi connectivity index (χ4v) is 2.29. The molecule has 0 saturated heterocycles. The van der Waals surface area contributed by atoms with E-state index in [2.05, 4.69) is 26.5 Å². The zero-order valence-corrected chi connectivity index (χ0v) is 14.0. The molecule has 2 aromatic rings. The minimum absolute atomic E-state index is 0.0948. The third-order valence-corrected chi connectivity index (χ3v) is 3.44. The fraction of sp³-hybridized carbons (Fsp3) is 0.0667. The molecule has 0 saturated carbocycles. The van der Waals surface area contributed by atoms with E-state index in [1.54, 1.807) is 12.1 Å². The van der Waals surface area contributed by atoms with Gasteiger partial charge in [0.25, 0.3) is 11.6 Å². The second kappa shape index (κ2) is 7.55.